The summed E-state index contributed by atoms with van der Waals surface area (Å²) in [6, 6.07) is -1.20. The molecule has 0 aromatic rings. The fourth-order valence-electron chi connectivity index (χ4n) is 13.1. The fraction of sp³-hybridized carbons (Fsp3) is 0.912. The highest BCUT2D eigenvalue weighted by Crippen LogP contribution is 2.24. The molecule has 9 atom stereocenters. The summed E-state index contributed by atoms with van der Waals surface area (Å²) in [6.45, 7) is 3.51. The number of amides is 1. The van der Waals surface area contributed by atoms with E-state index >= 15 is 0 Å². The van der Waals surface area contributed by atoms with E-state index in [9.17, 15) is 40.5 Å². The van der Waals surface area contributed by atoms with Gasteiger partial charge in [-0.25, -0.2) is 0 Å². The Hall–Kier alpha value is -1.67. The van der Waals surface area contributed by atoms with Crippen molar-refractivity contribution in [2.75, 3.05) is 13.2 Å². The lowest BCUT2D eigenvalue weighted by atomic mass is 9.98. The number of carbonyl (C=O) groups excluding carboxylic acids is 1. The molecule has 9 unspecified atom stereocenters. The van der Waals surface area contributed by atoms with Gasteiger partial charge in [0.1, 0.15) is 36.6 Å². The minimum atomic E-state index is -1.67. The van der Waals surface area contributed by atoms with Crippen LogP contribution in [0.25, 0.3) is 0 Å². The molecule has 1 fully saturated rings. The van der Waals surface area contributed by atoms with Crippen LogP contribution >= 0.6 is 0 Å². The van der Waals surface area contributed by atoms with Gasteiger partial charge in [0.25, 0.3) is 0 Å². The molecular formula is C80H153NO10. The van der Waals surface area contributed by atoms with E-state index in [1.165, 1.54) is 308 Å². The number of aliphatic hydroxyl groups is 7. The van der Waals surface area contributed by atoms with Gasteiger partial charge in [0.15, 0.2) is 6.29 Å². The van der Waals surface area contributed by atoms with Crippen molar-refractivity contribution in [1.29, 1.82) is 0 Å². The number of carbonyl (C=O) groups is 1. The van der Waals surface area contributed by atoms with Crippen LogP contribution in [0.5, 0.6) is 0 Å². The predicted octanol–water partition coefficient (Wildman–Crippen LogP) is 20.5. The van der Waals surface area contributed by atoms with Crippen molar-refractivity contribution in [3.63, 3.8) is 0 Å². The molecular weight excluding hydrogens is 1130 g/mol. The zero-order chi connectivity index (χ0) is 66.0. The summed E-state index contributed by atoms with van der Waals surface area (Å²) in [5, 5.41) is 76.7. The molecule has 0 saturated carbocycles. The maximum atomic E-state index is 13.3. The van der Waals surface area contributed by atoms with Gasteiger partial charge in [0, 0.05) is 0 Å². The van der Waals surface area contributed by atoms with Gasteiger partial charge in [-0.2, -0.15) is 0 Å². The Labute approximate surface area is 562 Å². The highest BCUT2D eigenvalue weighted by atomic mass is 16.7. The van der Waals surface area contributed by atoms with Gasteiger partial charge in [0.05, 0.1) is 25.4 Å². The Bertz CT molecular complexity index is 1580. The number of allylic oxidation sites excluding steroid dienone is 6. The first-order valence-electron chi connectivity index (χ1n) is 39.9. The Balaban J connectivity index is 2.17. The van der Waals surface area contributed by atoms with Crippen LogP contribution < -0.4 is 5.32 Å². The molecule has 0 bridgehead atoms. The number of unbranched alkanes of at least 4 members (excludes halogenated alkanes) is 53. The molecule has 1 aliphatic rings. The molecule has 1 saturated heterocycles. The quantitative estimate of drug-likeness (QED) is 0.0215. The van der Waals surface area contributed by atoms with Crippen LogP contribution in [0, 0.1) is 0 Å². The largest absolute Gasteiger partial charge is 0.394 e. The van der Waals surface area contributed by atoms with Crippen molar-refractivity contribution in [3.05, 3.63) is 36.5 Å². The van der Waals surface area contributed by atoms with Crippen molar-refractivity contribution >= 4 is 5.91 Å². The third-order valence-electron chi connectivity index (χ3n) is 19.4. The van der Waals surface area contributed by atoms with Crippen molar-refractivity contribution < 1.29 is 50.0 Å². The van der Waals surface area contributed by atoms with Crippen LogP contribution in [0.1, 0.15) is 399 Å². The first-order chi connectivity index (χ1) is 44.7. The summed E-state index contributed by atoms with van der Waals surface area (Å²) < 4.78 is 11.2. The molecule has 538 valence electrons. The molecule has 1 rings (SSSR count). The van der Waals surface area contributed by atoms with Gasteiger partial charge in [0.2, 0.25) is 5.91 Å². The van der Waals surface area contributed by atoms with Crippen LogP contribution in [0.4, 0.5) is 0 Å². The van der Waals surface area contributed by atoms with Crippen LogP contribution in [0.3, 0.4) is 0 Å². The van der Waals surface area contributed by atoms with Crippen LogP contribution in [0.2, 0.25) is 0 Å². The highest BCUT2D eigenvalue weighted by molar-refractivity contribution is 5.80. The van der Waals surface area contributed by atoms with Crippen molar-refractivity contribution in [1.82, 2.24) is 5.32 Å². The smallest absolute Gasteiger partial charge is 0.249 e. The van der Waals surface area contributed by atoms with E-state index in [-0.39, 0.29) is 12.8 Å². The van der Waals surface area contributed by atoms with E-state index in [4.69, 9.17) is 9.47 Å². The fourth-order valence-corrected chi connectivity index (χ4v) is 13.1. The molecule has 11 nitrogen and oxygen atoms in total. The Morgan fingerprint density at radius 3 is 0.978 bits per heavy atom. The molecule has 1 aliphatic heterocycles. The second kappa shape index (κ2) is 68.3. The topological polar surface area (TPSA) is 189 Å². The van der Waals surface area contributed by atoms with Gasteiger partial charge < -0.3 is 50.5 Å². The average Bonchev–Trinajstić information content (AvgIpc) is 1.28. The lowest BCUT2D eigenvalue weighted by Gasteiger charge is -2.40. The summed E-state index contributed by atoms with van der Waals surface area (Å²) in [5.74, 6) is -0.705. The number of hydrogen-bond donors (Lipinski definition) is 8. The van der Waals surface area contributed by atoms with Crippen molar-refractivity contribution in [2.45, 2.75) is 454 Å². The number of nitrogens with one attached hydrogen (secondary N) is 1. The van der Waals surface area contributed by atoms with E-state index in [1.807, 2.05) is 0 Å². The molecule has 1 amide bonds. The summed E-state index contributed by atoms with van der Waals surface area (Å²) in [7, 11) is 0. The number of ether oxygens (including phenoxy) is 2. The molecule has 91 heavy (non-hydrogen) atoms. The molecule has 11 heteroatoms. The second-order valence-corrected chi connectivity index (χ2v) is 28.1. The van der Waals surface area contributed by atoms with Gasteiger partial charge in [-0.3, -0.25) is 4.79 Å². The summed E-state index contributed by atoms with van der Waals surface area (Å²) >= 11 is 0. The first kappa shape index (κ1) is 87.3. The monoisotopic (exact) mass is 1290 g/mol. The van der Waals surface area contributed by atoms with Gasteiger partial charge in [-0.15, -0.1) is 0 Å². The molecule has 0 aromatic heterocycles. The lowest BCUT2D eigenvalue weighted by Crippen LogP contribution is -2.60. The molecule has 1 heterocycles. The average molecular weight is 1290 g/mol. The molecule has 0 radical (unpaired) electrons. The first-order valence-corrected chi connectivity index (χ1v) is 39.9. The molecule has 0 spiro atoms. The Morgan fingerprint density at radius 2 is 0.659 bits per heavy atom. The minimum absolute atomic E-state index is 0.243. The summed E-state index contributed by atoms with van der Waals surface area (Å²) in [4.78, 5) is 13.3. The van der Waals surface area contributed by atoms with Crippen molar-refractivity contribution in [3.8, 4) is 0 Å². The lowest BCUT2D eigenvalue weighted by molar-refractivity contribution is -0.303. The van der Waals surface area contributed by atoms with E-state index in [0.29, 0.717) is 19.3 Å². The zero-order valence-corrected chi connectivity index (χ0v) is 59.9. The number of aliphatic hydroxyl groups excluding tert-OH is 7. The summed E-state index contributed by atoms with van der Waals surface area (Å²) in [5.41, 5.74) is 0. The molecule has 0 aliphatic carbocycles. The Kier molecular flexibility index (Phi) is 65.5. The SMILES string of the molecule is CCCCCCCCCCCCCCCCCCCCC/C=C/CC/C=C/CC/C=C/CCCC(O)C(O)C(COC1OC(CO)C(O)C(O)C1O)NC(=O)C(O)CCCCCCCCCCCCCCCCCCCCCCCCCCCCCCCCCC. The third kappa shape index (κ3) is 55.1. The maximum absolute atomic E-state index is 13.3. The normalized spacial score (nSPS) is 18.5. The van der Waals surface area contributed by atoms with Gasteiger partial charge in [-0.1, -0.05) is 371 Å². The standard InChI is InChI=1S/C80H153NO10/c1-3-5-7-9-11-13-15-17-19-21-23-25-27-29-31-33-35-37-39-41-43-45-47-49-51-53-55-57-59-61-63-65-67-72(83)75(85)71(70-90-80-78(88)77(87)76(86)74(69-82)91-80)81-79(89)73(84)68-66-64-62-60-58-56-54-52-50-48-46-44-42-40-38-36-34-32-30-28-26-24-22-20-18-16-14-12-10-8-6-4-2/h43,45,51,53,59,61,71-78,80,82-88H,3-42,44,46-50,52,54-58,60,62-70H2,1-2H3,(H,81,89)/b45-43+,53-51+,61-59+. The van der Waals surface area contributed by atoms with E-state index in [2.05, 4.69) is 55.6 Å². The van der Waals surface area contributed by atoms with Crippen LogP contribution in [0.15, 0.2) is 36.5 Å². The maximum Gasteiger partial charge on any atom is 0.249 e. The Morgan fingerprint density at radius 1 is 0.374 bits per heavy atom. The zero-order valence-electron chi connectivity index (χ0n) is 59.9. The number of hydrogen-bond acceptors (Lipinski definition) is 10. The molecule has 8 N–H and O–H groups in total. The molecule has 0 aromatic carbocycles. The highest BCUT2D eigenvalue weighted by Gasteiger charge is 2.44. The summed E-state index contributed by atoms with van der Waals surface area (Å²) in [6.07, 6.45) is 78.4. The van der Waals surface area contributed by atoms with Crippen LogP contribution in [-0.2, 0) is 14.3 Å². The number of rotatable bonds is 71. The van der Waals surface area contributed by atoms with Crippen molar-refractivity contribution in [2.24, 2.45) is 0 Å². The van der Waals surface area contributed by atoms with Gasteiger partial charge in [-0.05, 0) is 64.2 Å². The van der Waals surface area contributed by atoms with Gasteiger partial charge >= 0.3 is 0 Å². The van der Waals surface area contributed by atoms with Crippen LogP contribution in [-0.4, -0.2) is 110 Å². The minimum Gasteiger partial charge on any atom is -0.394 e. The van der Waals surface area contributed by atoms with E-state index < -0.39 is 74.2 Å². The van der Waals surface area contributed by atoms with E-state index in [0.717, 1.165) is 44.9 Å². The predicted molar refractivity (Wildman–Crippen MR) is 385 cm³/mol. The third-order valence-corrected chi connectivity index (χ3v) is 19.4. The van der Waals surface area contributed by atoms with E-state index in [1.54, 1.807) is 0 Å². The second-order valence-electron chi connectivity index (χ2n) is 28.1.